The first kappa shape index (κ1) is 23.6. The van der Waals surface area contributed by atoms with Crippen molar-refractivity contribution in [2.75, 3.05) is 42.5 Å². The quantitative estimate of drug-likeness (QED) is 0.522. The topological polar surface area (TPSA) is 103 Å². The molecule has 180 valence electrons. The second kappa shape index (κ2) is 9.48. The van der Waals surface area contributed by atoms with Crippen molar-refractivity contribution in [2.45, 2.75) is 15.9 Å². The lowest BCUT2D eigenvalue weighted by Crippen LogP contribution is -2.42. The molecule has 1 N–H and O–H groups in total. The molecule has 0 radical (unpaired) electrons. The summed E-state index contributed by atoms with van der Waals surface area (Å²) in [6.07, 6.45) is 0.400. The Kier molecular flexibility index (Phi) is 6.58. The van der Waals surface area contributed by atoms with E-state index in [9.17, 15) is 17.4 Å². The number of fused-ring (bicyclic) bond motifs is 1. The second-order valence-corrected chi connectivity index (χ2v) is 14.3. The number of aromatic nitrogens is 1. The normalized spacial score (nSPS) is 19.5. The summed E-state index contributed by atoms with van der Waals surface area (Å²) >= 11 is 2.76. The Balaban J connectivity index is 1.32. The number of amides is 1. The van der Waals surface area contributed by atoms with Crippen molar-refractivity contribution in [3.8, 4) is 0 Å². The minimum Gasteiger partial charge on any atom is -0.351 e. The first-order valence-corrected chi connectivity index (χ1v) is 15.5. The summed E-state index contributed by atoms with van der Waals surface area (Å²) in [5.41, 5.74) is 2.11. The van der Waals surface area contributed by atoms with Gasteiger partial charge in [0, 0.05) is 59.5 Å². The molecule has 5 rings (SSSR count). The summed E-state index contributed by atoms with van der Waals surface area (Å²) in [6, 6.07) is 10.9. The number of aromatic amines is 1. The smallest absolute Gasteiger partial charge is 0.273 e. The maximum absolute atomic E-state index is 13.0. The number of nitrogens with zero attached hydrogens (tertiary/aromatic N) is 3. The number of carbonyl (C=O) groups excluding carboxylic acids is 1. The minimum absolute atomic E-state index is 0.0580. The van der Waals surface area contributed by atoms with Crippen molar-refractivity contribution in [3.05, 3.63) is 47.5 Å². The molecule has 1 aromatic carbocycles. The first-order chi connectivity index (χ1) is 16.3. The van der Waals surface area contributed by atoms with Crippen LogP contribution in [0.3, 0.4) is 0 Å². The van der Waals surface area contributed by atoms with Crippen LogP contribution in [0, 0.1) is 0 Å². The molecule has 0 bridgehead atoms. The Morgan fingerprint density at radius 3 is 2.79 bits per heavy atom. The van der Waals surface area contributed by atoms with Crippen molar-refractivity contribution < 1.29 is 17.4 Å². The average molecular weight is 537 g/mol. The number of benzene rings is 1. The number of anilines is 1. The van der Waals surface area contributed by atoms with Crippen molar-refractivity contribution in [1.29, 1.82) is 0 Å². The molecule has 2 aliphatic heterocycles. The van der Waals surface area contributed by atoms with Crippen molar-refractivity contribution in [1.82, 2.24) is 9.88 Å². The zero-order chi connectivity index (χ0) is 23.9. The number of thioether (sulfide) groups is 1. The van der Waals surface area contributed by atoms with Crippen LogP contribution >= 0.6 is 23.1 Å². The highest BCUT2D eigenvalue weighted by atomic mass is 32.2. The summed E-state index contributed by atoms with van der Waals surface area (Å²) < 4.78 is 39.2. The Labute approximate surface area is 208 Å². The van der Waals surface area contributed by atoms with Gasteiger partial charge in [0.15, 0.2) is 0 Å². The molecule has 12 heteroatoms. The van der Waals surface area contributed by atoms with Gasteiger partial charge in [0.25, 0.3) is 10.0 Å². The minimum atomic E-state index is -3.65. The van der Waals surface area contributed by atoms with Gasteiger partial charge in [0.1, 0.15) is 9.25 Å². The van der Waals surface area contributed by atoms with Gasteiger partial charge in [-0.05, 0) is 23.6 Å². The zero-order valence-corrected chi connectivity index (χ0v) is 21.7. The summed E-state index contributed by atoms with van der Waals surface area (Å²) in [5.74, 6) is 1.20. The van der Waals surface area contributed by atoms with Gasteiger partial charge in [-0.25, -0.2) is 8.42 Å². The summed E-state index contributed by atoms with van der Waals surface area (Å²) in [5, 5.41) is 3.52. The van der Waals surface area contributed by atoms with E-state index in [1.165, 1.54) is 15.6 Å². The Morgan fingerprint density at radius 2 is 2.06 bits per heavy atom. The monoisotopic (exact) mass is 536 g/mol. The number of H-pyrrole nitrogens is 1. The van der Waals surface area contributed by atoms with Crippen LogP contribution in [0.25, 0.3) is 10.9 Å². The van der Waals surface area contributed by atoms with Crippen molar-refractivity contribution in [2.24, 2.45) is 4.99 Å². The highest BCUT2D eigenvalue weighted by molar-refractivity contribution is 8.15. The molecule has 1 saturated heterocycles. The second-order valence-electron chi connectivity index (χ2n) is 8.15. The first-order valence-electron chi connectivity index (χ1n) is 10.8. The largest absolute Gasteiger partial charge is 0.351 e. The predicted octanol–water partition coefficient (Wildman–Crippen LogP) is 2.90. The van der Waals surface area contributed by atoms with Gasteiger partial charge < -0.3 is 9.88 Å². The summed E-state index contributed by atoms with van der Waals surface area (Å²) in [6.45, 7) is 1.67. The van der Waals surface area contributed by atoms with E-state index in [1.54, 1.807) is 47.3 Å². The van der Waals surface area contributed by atoms with E-state index in [0.717, 1.165) is 21.6 Å². The zero-order valence-electron chi connectivity index (χ0n) is 18.5. The molecule has 0 spiro atoms. The highest BCUT2D eigenvalue weighted by Gasteiger charge is 2.29. The summed E-state index contributed by atoms with van der Waals surface area (Å²) in [4.78, 5) is 22.5. The Morgan fingerprint density at radius 1 is 1.26 bits per heavy atom. The lowest BCUT2D eigenvalue weighted by atomic mass is 10.2. The van der Waals surface area contributed by atoms with Gasteiger partial charge in [-0.2, -0.15) is 0 Å². The Hall–Kier alpha value is -2.15. The van der Waals surface area contributed by atoms with E-state index >= 15 is 0 Å². The number of aliphatic imine (C=N–C) groups is 1. The molecule has 0 aliphatic carbocycles. The molecular formula is C22H24N4O4S4. The van der Waals surface area contributed by atoms with E-state index in [-0.39, 0.29) is 11.2 Å². The van der Waals surface area contributed by atoms with Gasteiger partial charge in [0.2, 0.25) is 5.91 Å². The number of nitrogens with one attached hydrogen (secondary N) is 1. The van der Waals surface area contributed by atoms with Gasteiger partial charge in [0.05, 0.1) is 23.4 Å². The third kappa shape index (κ3) is 4.56. The lowest BCUT2D eigenvalue weighted by molar-refractivity contribution is -0.130. The van der Waals surface area contributed by atoms with E-state index in [0.29, 0.717) is 47.5 Å². The molecule has 1 unspecified atom stereocenters. The van der Waals surface area contributed by atoms with E-state index in [4.69, 9.17) is 0 Å². The molecule has 1 fully saturated rings. The van der Waals surface area contributed by atoms with Crippen LogP contribution < -0.4 is 4.31 Å². The average Bonchev–Trinajstić information content (AvgIpc) is 3.59. The fourth-order valence-corrected chi connectivity index (χ4v) is 8.57. The van der Waals surface area contributed by atoms with Gasteiger partial charge >= 0.3 is 0 Å². The van der Waals surface area contributed by atoms with Crippen LogP contribution in [0.5, 0.6) is 0 Å². The maximum atomic E-state index is 13.0. The molecule has 2 aromatic heterocycles. The third-order valence-electron chi connectivity index (χ3n) is 5.96. The number of para-hydroxylation sites is 1. The molecule has 34 heavy (non-hydrogen) atoms. The number of carbonyl (C=O) groups is 1. The number of rotatable bonds is 6. The number of sulfonamides is 1. The maximum Gasteiger partial charge on any atom is 0.273 e. The standard InChI is InChI=1S/C22H24N4O4S4/c1-25(34(29,30)20-6-3-9-31-20)18-5-2-4-15-12-17(24-21(15)18)22-23-14-16(32-22)13-19(27)26-7-10-33(28)11-8-26/h2-6,9,12,16,24H,7-8,10-11,13-14H2,1H3. The van der Waals surface area contributed by atoms with Crippen LogP contribution in [0.2, 0.25) is 0 Å². The highest BCUT2D eigenvalue weighted by Crippen LogP contribution is 2.34. The van der Waals surface area contributed by atoms with Crippen molar-refractivity contribution >= 4 is 71.5 Å². The van der Waals surface area contributed by atoms with Crippen molar-refractivity contribution in [3.63, 3.8) is 0 Å². The van der Waals surface area contributed by atoms with Gasteiger partial charge in [-0.1, -0.05) is 30.0 Å². The van der Waals surface area contributed by atoms with Crippen LogP contribution in [-0.4, -0.2) is 76.9 Å². The lowest BCUT2D eigenvalue weighted by Gasteiger charge is -2.27. The summed E-state index contributed by atoms with van der Waals surface area (Å²) in [7, 11) is -2.90. The van der Waals surface area contributed by atoms with Crippen LogP contribution in [0.1, 0.15) is 12.1 Å². The number of thiophene rings is 1. The van der Waals surface area contributed by atoms with Gasteiger partial charge in [-0.15, -0.1) is 11.3 Å². The Bertz CT molecular complexity index is 1370. The molecule has 1 atom stereocenters. The molecular weight excluding hydrogens is 513 g/mol. The fourth-order valence-electron chi connectivity index (χ4n) is 4.08. The molecule has 3 aromatic rings. The van der Waals surface area contributed by atoms with E-state index in [2.05, 4.69) is 9.98 Å². The van der Waals surface area contributed by atoms with Gasteiger partial charge in [-0.3, -0.25) is 18.3 Å². The number of hydrogen-bond acceptors (Lipinski definition) is 7. The number of hydrogen-bond donors (Lipinski definition) is 1. The molecule has 0 saturated carbocycles. The fraction of sp³-hybridized carbons (Fsp3) is 0.364. The van der Waals surface area contributed by atoms with E-state index in [1.807, 2.05) is 18.2 Å². The third-order valence-corrected chi connectivity index (χ3v) is 11.6. The molecule has 8 nitrogen and oxygen atoms in total. The molecule has 1 amide bonds. The molecule has 4 heterocycles. The van der Waals surface area contributed by atoms with E-state index < -0.39 is 20.8 Å². The van der Waals surface area contributed by atoms with Crippen LogP contribution in [0.4, 0.5) is 5.69 Å². The molecule has 2 aliphatic rings. The van der Waals surface area contributed by atoms with Crippen LogP contribution in [0.15, 0.2) is 51.0 Å². The van der Waals surface area contributed by atoms with Crippen LogP contribution in [-0.2, 0) is 25.6 Å². The SMILES string of the molecule is CN(c1cccc2cc(C3=NCC(CC(=O)N4CCS(=O)CC4)S3)[nH]c12)S(=O)(=O)c1cccs1. The predicted molar refractivity (Wildman–Crippen MR) is 140 cm³/mol.